The van der Waals surface area contributed by atoms with Gasteiger partial charge in [0.15, 0.2) is 5.16 Å². The average molecular weight is 356 g/mol. The molecular weight excluding hydrogens is 341 g/mol. The molecule has 128 valence electrons. The number of anilines is 1. The number of nitrogens with zero attached hydrogens (tertiary/aromatic N) is 3. The summed E-state index contributed by atoms with van der Waals surface area (Å²) in [6.07, 6.45) is -2.21. The smallest absolute Gasteiger partial charge is 0.325 e. The highest BCUT2D eigenvalue weighted by atomic mass is 32.2. The molecule has 1 N–H and O–H groups in total. The number of halogens is 3. The third-order valence-corrected chi connectivity index (χ3v) is 4.52. The number of carbonyl (C=O) groups excluding carboxylic acids is 1. The standard InChI is InChI=1S/C15H15F3N4OS/c1-9-20-21-14(22(9)12-6-7-12)24-8-13(23)19-11-4-2-10(3-5-11)15(16,17)18/h2-5,12H,6-8H2,1H3,(H,19,23). The third-order valence-electron chi connectivity index (χ3n) is 3.58. The lowest BCUT2D eigenvalue weighted by atomic mass is 10.2. The van der Waals surface area contributed by atoms with E-state index in [1.165, 1.54) is 23.9 Å². The average Bonchev–Trinajstić information content (AvgIpc) is 3.28. The van der Waals surface area contributed by atoms with E-state index in [9.17, 15) is 18.0 Å². The van der Waals surface area contributed by atoms with Crippen LogP contribution >= 0.6 is 11.8 Å². The van der Waals surface area contributed by atoms with Crippen LogP contribution in [0.5, 0.6) is 0 Å². The first-order valence-electron chi connectivity index (χ1n) is 7.36. The monoisotopic (exact) mass is 356 g/mol. The molecule has 1 amide bonds. The number of nitrogens with one attached hydrogen (secondary N) is 1. The van der Waals surface area contributed by atoms with Crippen molar-refractivity contribution in [1.82, 2.24) is 14.8 Å². The first-order valence-corrected chi connectivity index (χ1v) is 8.34. The number of carbonyl (C=O) groups is 1. The summed E-state index contributed by atoms with van der Waals surface area (Å²) in [5, 5.41) is 11.4. The highest BCUT2D eigenvalue weighted by Crippen LogP contribution is 2.38. The topological polar surface area (TPSA) is 59.8 Å². The minimum atomic E-state index is -4.39. The number of rotatable bonds is 5. The van der Waals surface area contributed by atoms with E-state index in [4.69, 9.17) is 0 Å². The first-order chi connectivity index (χ1) is 11.3. The molecule has 5 nitrogen and oxygen atoms in total. The van der Waals surface area contributed by atoms with E-state index in [2.05, 4.69) is 15.5 Å². The summed E-state index contributed by atoms with van der Waals surface area (Å²) in [6.45, 7) is 1.87. The van der Waals surface area contributed by atoms with Gasteiger partial charge < -0.3 is 9.88 Å². The van der Waals surface area contributed by atoms with Gasteiger partial charge >= 0.3 is 6.18 Å². The maximum atomic E-state index is 12.5. The Labute approximate surface area is 140 Å². The Morgan fingerprint density at radius 1 is 1.29 bits per heavy atom. The van der Waals surface area contributed by atoms with E-state index in [-0.39, 0.29) is 11.7 Å². The van der Waals surface area contributed by atoms with Crippen LogP contribution in [0.25, 0.3) is 0 Å². The summed E-state index contributed by atoms with van der Waals surface area (Å²) in [7, 11) is 0. The van der Waals surface area contributed by atoms with Gasteiger partial charge in [-0.25, -0.2) is 0 Å². The van der Waals surface area contributed by atoms with E-state index in [0.29, 0.717) is 16.9 Å². The van der Waals surface area contributed by atoms with Crippen molar-refractivity contribution < 1.29 is 18.0 Å². The molecule has 0 radical (unpaired) electrons. The Balaban J connectivity index is 1.56. The largest absolute Gasteiger partial charge is 0.416 e. The van der Waals surface area contributed by atoms with Crippen molar-refractivity contribution in [2.45, 2.75) is 37.1 Å². The normalized spacial score (nSPS) is 14.7. The zero-order chi connectivity index (χ0) is 17.3. The van der Waals surface area contributed by atoms with Crippen LogP contribution < -0.4 is 5.32 Å². The maximum Gasteiger partial charge on any atom is 0.416 e. The van der Waals surface area contributed by atoms with Crippen LogP contribution in [0.3, 0.4) is 0 Å². The Morgan fingerprint density at radius 2 is 1.96 bits per heavy atom. The molecule has 9 heteroatoms. The van der Waals surface area contributed by atoms with Gasteiger partial charge in [0.05, 0.1) is 11.3 Å². The van der Waals surface area contributed by atoms with Gasteiger partial charge in [-0.15, -0.1) is 10.2 Å². The second kappa shape index (κ2) is 6.46. The fraction of sp³-hybridized carbons (Fsp3) is 0.400. The van der Waals surface area contributed by atoms with Crippen molar-refractivity contribution in [2.24, 2.45) is 0 Å². The van der Waals surface area contributed by atoms with Crippen molar-refractivity contribution in [3.05, 3.63) is 35.7 Å². The Morgan fingerprint density at radius 3 is 2.54 bits per heavy atom. The molecule has 1 aromatic carbocycles. The molecule has 24 heavy (non-hydrogen) atoms. The summed E-state index contributed by atoms with van der Waals surface area (Å²) in [6, 6.07) is 4.77. The van der Waals surface area contributed by atoms with Crippen molar-refractivity contribution in [1.29, 1.82) is 0 Å². The number of aryl methyl sites for hydroxylation is 1. The van der Waals surface area contributed by atoms with Crippen LogP contribution in [0.2, 0.25) is 0 Å². The van der Waals surface area contributed by atoms with E-state index < -0.39 is 11.7 Å². The predicted octanol–water partition coefficient (Wildman–Crippen LogP) is 3.67. The summed E-state index contributed by atoms with van der Waals surface area (Å²) >= 11 is 1.27. The number of hydrogen-bond acceptors (Lipinski definition) is 4. The van der Waals surface area contributed by atoms with Gasteiger partial charge in [0.2, 0.25) is 5.91 Å². The van der Waals surface area contributed by atoms with Gasteiger partial charge in [-0.05, 0) is 44.0 Å². The lowest BCUT2D eigenvalue weighted by Crippen LogP contribution is -2.15. The minimum Gasteiger partial charge on any atom is -0.325 e. The molecule has 0 atom stereocenters. The van der Waals surface area contributed by atoms with Crippen LogP contribution in [-0.2, 0) is 11.0 Å². The molecule has 0 spiro atoms. The van der Waals surface area contributed by atoms with E-state index in [0.717, 1.165) is 30.8 Å². The van der Waals surface area contributed by atoms with Crippen molar-refractivity contribution in [3.8, 4) is 0 Å². The summed E-state index contributed by atoms with van der Waals surface area (Å²) in [5.41, 5.74) is -0.420. The number of thioether (sulfide) groups is 1. The number of hydrogen-bond donors (Lipinski definition) is 1. The zero-order valence-electron chi connectivity index (χ0n) is 12.8. The lowest BCUT2D eigenvalue weighted by molar-refractivity contribution is -0.137. The molecule has 1 aliphatic carbocycles. The van der Waals surface area contributed by atoms with Crippen LogP contribution in [0.4, 0.5) is 18.9 Å². The molecule has 1 heterocycles. The molecule has 3 rings (SSSR count). The zero-order valence-corrected chi connectivity index (χ0v) is 13.6. The Hall–Kier alpha value is -2.03. The van der Waals surface area contributed by atoms with Crippen LogP contribution in [0, 0.1) is 6.92 Å². The third kappa shape index (κ3) is 3.89. The molecule has 2 aromatic rings. The van der Waals surface area contributed by atoms with Gasteiger partial charge in [-0.2, -0.15) is 13.2 Å². The van der Waals surface area contributed by atoms with Gasteiger partial charge in [0.1, 0.15) is 5.82 Å². The fourth-order valence-electron chi connectivity index (χ4n) is 2.27. The van der Waals surface area contributed by atoms with Gasteiger partial charge in [-0.3, -0.25) is 4.79 Å². The second-order valence-electron chi connectivity index (χ2n) is 5.54. The highest BCUT2D eigenvalue weighted by Gasteiger charge is 2.30. The fourth-order valence-corrected chi connectivity index (χ4v) is 3.12. The quantitative estimate of drug-likeness (QED) is 0.831. The predicted molar refractivity (Wildman–Crippen MR) is 83.8 cm³/mol. The van der Waals surface area contributed by atoms with Crippen molar-refractivity contribution >= 4 is 23.4 Å². The van der Waals surface area contributed by atoms with Gasteiger partial charge in [0, 0.05) is 11.7 Å². The molecule has 1 saturated carbocycles. The molecule has 1 aliphatic rings. The minimum absolute atomic E-state index is 0.117. The molecule has 0 aliphatic heterocycles. The van der Waals surface area contributed by atoms with Crippen LogP contribution in [-0.4, -0.2) is 26.4 Å². The molecule has 0 bridgehead atoms. The van der Waals surface area contributed by atoms with Crippen molar-refractivity contribution in [2.75, 3.05) is 11.1 Å². The molecular formula is C15H15F3N4OS. The number of aromatic nitrogens is 3. The van der Waals surface area contributed by atoms with E-state index in [1.54, 1.807) is 0 Å². The van der Waals surface area contributed by atoms with E-state index in [1.807, 2.05) is 11.5 Å². The molecule has 0 unspecified atom stereocenters. The Kier molecular flexibility index (Phi) is 4.53. The van der Waals surface area contributed by atoms with Crippen LogP contribution in [0.1, 0.15) is 30.3 Å². The molecule has 1 aromatic heterocycles. The summed E-state index contributed by atoms with van der Waals surface area (Å²) in [4.78, 5) is 12.0. The number of amides is 1. The molecule has 1 fully saturated rings. The second-order valence-corrected chi connectivity index (χ2v) is 6.49. The van der Waals surface area contributed by atoms with E-state index >= 15 is 0 Å². The first kappa shape index (κ1) is 16.8. The van der Waals surface area contributed by atoms with Gasteiger partial charge in [0.25, 0.3) is 0 Å². The summed E-state index contributed by atoms with van der Waals surface area (Å²) < 4.78 is 39.5. The molecule has 0 saturated heterocycles. The SMILES string of the molecule is Cc1nnc(SCC(=O)Nc2ccc(C(F)(F)F)cc2)n1C1CC1. The number of alkyl halides is 3. The Bertz CT molecular complexity index is 738. The van der Waals surface area contributed by atoms with Crippen molar-refractivity contribution in [3.63, 3.8) is 0 Å². The number of benzene rings is 1. The van der Waals surface area contributed by atoms with Gasteiger partial charge in [-0.1, -0.05) is 11.8 Å². The lowest BCUT2D eigenvalue weighted by Gasteiger charge is -2.09. The maximum absolute atomic E-state index is 12.5. The summed E-state index contributed by atoms with van der Waals surface area (Å²) in [5.74, 6) is 0.636. The highest BCUT2D eigenvalue weighted by molar-refractivity contribution is 7.99. The van der Waals surface area contributed by atoms with Crippen LogP contribution in [0.15, 0.2) is 29.4 Å².